The van der Waals surface area contributed by atoms with Gasteiger partial charge in [0.2, 0.25) is 0 Å². The second kappa shape index (κ2) is 6.07. The maximum absolute atomic E-state index is 10.3. The Kier molecular flexibility index (Phi) is 4.45. The van der Waals surface area contributed by atoms with E-state index < -0.39 is 6.10 Å². The molecule has 0 aliphatic rings. The summed E-state index contributed by atoms with van der Waals surface area (Å²) in [5, 5.41) is 10.3. The summed E-state index contributed by atoms with van der Waals surface area (Å²) in [5.41, 5.74) is 3.09. The van der Waals surface area contributed by atoms with Crippen LogP contribution >= 0.6 is 11.8 Å². The first-order valence-electron chi connectivity index (χ1n) is 6.18. The predicted octanol–water partition coefficient (Wildman–Crippen LogP) is 4.19. The van der Waals surface area contributed by atoms with Crippen LogP contribution in [0.3, 0.4) is 0 Å². The largest absolute Gasteiger partial charge is 0.384 e. The fraction of sp³-hybridized carbons (Fsp3) is 0.250. The van der Waals surface area contributed by atoms with Crippen molar-refractivity contribution in [3.63, 3.8) is 0 Å². The molecule has 2 rings (SSSR count). The Balaban J connectivity index is 2.17. The molecule has 2 aromatic carbocycles. The second-order valence-corrected chi connectivity index (χ2v) is 5.65. The van der Waals surface area contributed by atoms with Gasteiger partial charge in [-0.1, -0.05) is 48.9 Å². The number of aliphatic hydroxyl groups excluding tert-OH is 1. The number of hydrogen-bond donors (Lipinski definition) is 1. The van der Waals surface area contributed by atoms with E-state index in [4.69, 9.17) is 0 Å². The van der Waals surface area contributed by atoms with E-state index in [1.54, 1.807) is 0 Å². The summed E-state index contributed by atoms with van der Waals surface area (Å²) < 4.78 is 0. The number of rotatable bonds is 4. The summed E-state index contributed by atoms with van der Waals surface area (Å²) in [6.07, 6.45) is -0.536. The first kappa shape index (κ1) is 13.2. The number of thioether (sulfide) groups is 1. The molecular weight excluding hydrogens is 240 g/mol. The van der Waals surface area contributed by atoms with Gasteiger partial charge >= 0.3 is 0 Å². The maximum atomic E-state index is 10.3. The Morgan fingerprint density at radius 1 is 0.944 bits per heavy atom. The fourth-order valence-electron chi connectivity index (χ4n) is 1.85. The minimum atomic E-state index is -0.536. The first-order valence-corrected chi connectivity index (χ1v) is 7.16. The Morgan fingerprint density at radius 2 is 1.44 bits per heavy atom. The SMILES string of the molecule is CCSc1ccc([C@H](O)c2ccc(C)cc2)cc1. The number of benzene rings is 2. The minimum Gasteiger partial charge on any atom is -0.384 e. The third kappa shape index (κ3) is 3.15. The normalized spacial score (nSPS) is 12.4. The molecule has 0 aliphatic carbocycles. The highest BCUT2D eigenvalue weighted by Crippen LogP contribution is 2.25. The summed E-state index contributed by atoms with van der Waals surface area (Å²) in [6, 6.07) is 16.2. The van der Waals surface area contributed by atoms with E-state index in [-0.39, 0.29) is 0 Å². The van der Waals surface area contributed by atoms with Crippen LogP contribution in [0.1, 0.15) is 29.7 Å². The van der Waals surface area contributed by atoms with Crippen LogP contribution in [-0.4, -0.2) is 10.9 Å². The van der Waals surface area contributed by atoms with Crippen LogP contribution in [0.4, 0.5) is 0 Å². The van der Waals surface area contributed by atoms with Crippen LogP contribution in [0.25, 0.3) is 0 Å². The minimum absolute atomic E-state index is 0.536. The standard InChI is InChI=1S/C16H18OS/c1-3-18-15-10-8-14(9-11-15)16(17)13-6-4-12(2)5-7-13/h4-11,16-17H,3H2,1-2H3/t16-/m1/s1. The van der Waals surface area contributed by atoms with Crippen molar-refractivity contribution >= 4 is 11.8 Å². The summed E-state index contributed by atoms with van der Waals surface area (Å²) in [6.45, 7) is 4.19. The quantitative estimate of drug-likeness (QED) is 0.830. The average molecular weight is 258 g/mol. The lowest BCUT2D eigenvalue weighted by molar-refractivity contribution is 0.220. The molecule has 0 aliphatic heterocycles. The van der Waals surface area contributed by atoms with Crippen molar-refractivity contribution in [3.8, 4) is 0 Å². The van der Waals surface area contributed by atoms with Crippen LogP contribution in [-0.2, 0) is 0 Å². The van der Waals surface area contributed by atoms with Gasteiger partial charge in [-0.05, 0) is 35.9 Å². The molecule has 0 aromatic heterocycles. The molecule has 1 N–H and O–H groups in total. The topological polar surface area (TPSA) is 20.2 Å². The summed E-state index contributed by atoms with van der Waals surface area (Å²) >= 11 is 1.81. The molecule has 0 bridgehead atoms. The van der Waals surface area contributed by atoms with Gasteiger partial charge in [0.25, 0.3) is 0 Å². The van der Waals surface area contributed by atoms with Gasteiger partial charge in [0.05, 0.1) is 0 Å². The zero-order valence-electron chi connectivity index (χ0n) is 10.8. The van der Waals surface area contributed by atoms with Crippen LogP contribution in [0.5, 0.6) is 0 Å². The molecule has 18 heavy (non-hydrogen) atoms. The molecule has 0 radical (unpaired) electrons. The van der Waals surface area contributed by atoms with Crippen molar-refractivity contribution in [2.24, 2.45) is 0 Å². The lowest BCUT2D eigenvalue weighted by Crippen LogP contribution is -1.99. The van der Waals surface area contributed by atoms with Crippen molar-refractivity contribution in [3.05, 3.63) is 65.2 Å². The Hall–Kier alpha value is -1.25. The molecule has 1 atom stereocenters. The highest BCUT2D eigenvalue weighted by molar-refractivity contribution is 7.99. The van der Waals surface area contributed by atoms with Gasteiger partial charge in [0, 0.05) is 4.90 Å². The lowest BCUT2D eigenvalue weighted by Gasteiger charge is -2.12. The molecule has 2 aromatic rings. The average Bonchev–Trinajstić information content (AvgIpc) is 2.40. The summed E-state index contributed by atoms with van der Waals surface area (Å²) in [4.78, 5) is 1.25. The van der Waals surface area contributed by atoms with Gasteiger partial charge in [-0.15, -0.1) is 11.8 Å². The third-order valence-corrected chi connectivity index (χ3v) is 3.79. The molecule has 0 unspecified atom stereocenters. The van der Waals surface area contributed by atoms with Gasteiger partial charge in [-0.2, -0.15) is 0 Å². The van der Waals surface area contributed by atoms with Crippen LogP contribution in [0.2, 0.25) is 0 Å². The lowest BCUT2D eigenvalue weighted by atomic mass is 10.0. The highest BCUT2D eigenvalue weighted by atomic mass is 32.2. The van der Waals surface area contributed by atoms with E-state index in [0.29, 0.717) is 0 Å². The monoisotopic (exact) mass is 258 g/mol. The maximum Gasteiger partial charge on any atom is 0.104 e. The second-order valence-electron chi connectivity index (χ2n) is 4.32. The summed E-state index contributed by atoms with van der Waals surface area (Å²) in [5.74, 6) is 1.07. The van der Waals surface area contributed by atoms with E-state index in [0.717, 1.165) is 16.9 Å². The summed E-state index contributed by atoms with van der Waals surface area (Å²) in [7, 11) is 0. The fourth-order valence-corrected chi connectivity index (χ4v) is 2.52. The molecule has 0 fully saturated rings. The van der Waals surface area contributed by atoms with Crippen molar-refractivity contribution < 1.29 is 5.11 Å². The highest BCUT2D eigenvalue weighted by Gasteiger charge is 2.09. The van der Waals surface area contributed by atoms with Gasteiger partial charge in [-0.25, -0.2) is 0 Å². The van der Waals surface area contributed by atoms with Gasteiger partial charge in [0.15, 0.2) is 0 Å². The van der Waals surface area contributed by atoms with Gasteiger partial charge < -0.3 is 5.11 Å². The van der Waals surface area contributed by atoms with Crippen LogP contribution in [0, 0.1) is 6.92 Å². The van der Waals surface area contributed by atoms with Gasteiger partial charge in [-0.3, -0.25) is 0 Å². The molecule has 0 heterocycles. The zero-order chi connectivity index (χ0) is 13.0. The predicted molar refractivity (Wildman–Crippen MR) is 78.1 cm³/mol. The molecule has 0 saturated carbocycles. The van der Waals surface area contributed by atoms with Crippen molar-refractivity contribution in [2.45, 2.75) is 24.8 Å². The molecule has 2 heteroatoms. The molecule has 0 amide bonds. The first-order chi connectivity index (χ1) is 8.70. The Labute approximate surface area is 113 Å². The van der Waals surface area contributed by atoms with Crippen LogP contribution < -0.4 is 0 Å². The van der Waals surface area contributed by atoms with Crippen molar-refractivity contribution in [1.29, 1.82) is 0 Å². The molecule has 0 saturated heterocycles. The zero-order valence-corrected chi connectivity index (χ0v) is 11.6. The van der Waals surface area contributed by atoms with E-state index in [2.05, 4.69) is 19.1 Å². The number of hydrogen-bond acceptors (Lipinski definition) is 2. The van der Waals surface area contributed by atoms with E-state index in [9.17, 15) is 5.11 Å². The number of aliphatic hydroxyl groups is 1. The van der Waals surface area contributed by atoms with Crippen molar-refractivity contribution in [2.75, 3.05) is 5.75 Å². The van der Waals surface area contributed by atoms with E-state index >= 15 is 0 Å². The molecular formula is C16H18OS. The molecule has 1 nitrogen and oxygen atoms in total. The van der Waals surface area contributed by atoms with Crippen LogP contribution in [0.15, 0.2) is 53.4 Å². The van der Waals surface area contributed by atoms with E-state index in [1.165, 1.54) is 10.5 Å². The van der Waals surface area contributed by atoms with E-state index in [1.807, 2.05) is 55.1 Å². The third-order valence-electron chi connectivity index (χ3n) is 2.90. The van der Waals surface area contributed by atoms with Gasteiger partial charge in [0.1, 0.15) is 6.10 Å². The molecule has 94 valence electrons. The smallest absolute Gasteiger partial charge is 0.104 e. The van der Waals surface area contributed by atoms with Crippen molar-refractivity contribution in [1.82, 2.24) is 0 Å². The molecule has 0 spiro atoms. The Morgan fingerprint density at radius 3 is 1.94 bits per heavy atom. The number of aryl methyl sites for hydroxylation is 1. The Bertz CT molecular complexity index is 488.